The highest BCUT2D eigenvalue weighted by molar-refractivity contribution is 5.80. The van der Waals surface area contributed by atoms with Crippen LogP contribution in [0.2, 0.25) is 0 Å². The van der Waals surface area contributed by atoms with E-state index in [9.17, 15) is 9.90 Å². The van der Waals surface area contributed by atoms with Gasteiger partial charge in [0.25, 0.3) is 0 Å². The summed E-state index contributed by atoms with van der Waals surface area (Å²) >= 11 is 0. The smallest absolute Gasteiger partial charge is 0.325 e. The molecule has 1 unspecified atom stereocenters. The maximum Gasteiger partial charge on any atom is 0.325 e. The summed E-state index contributed by atoms with van der Waals surface area (Å²) in [4.78, 5) is 13.7. The fourth-order valence-corrected chi connectivity index (χ4v) is 2.45. The molecule has 2 aliphatic rings. The van der Waals surface area contributed by atoms with Gasteiger partial charge in [0.15, 0.2) is 0 Å². The van der Waals surface area contributed by atoms with Crippen LogP contribution in [0.3, 0.4) is 0 Å². The molecule has 5 nitrogen and oxygen atoms in total. The third kappa shape index (κ3) is 2.21. The van der Waals surface area contributed by atoms with Gasteiger partial charge in [-0.3, -0.25) is 9.69 Å². The van der Waals surface area contributed by atoms with Gasteiger partial charge in [0.1, 0.15) is 5.54 Å². The van der Waals surface area contributed by atoms with Crippen molar-refractivity contribution < 1.29 is 14.6 Å². The van der Waals surface area contributed by atoms with Crippen LogP contribution in [0.4, 0.5) is 0 Å². The van der Waals surface area contributed by atoms with Gasteiger partial charge in [0, 0.05) is 19.6 Å². The highest BCUT2D eigenvalue weighted by atomic mass is 16.5. The molecule has 92 valence electrons. The number of morpholine rings is 1. The first-order valence-corrected chi connectivity index (χ1v) is 5.91. The van der Waals surface area contributed by atoms with E-state index in [2.05, 4.69) is 10.2 Å². The van der Waals surface area contributed by atoms with Gasteiger partial charge in [0.2, 0.25) is 0 Å². The van der Waals surface area contributed by atoms with E-state index in [1.165, 1.54) is 0 Å². The van der Waals surface area contributed by atoms with E-state index >= 15 is 0 Å². The van der Waals surface area contributed by atoms with Gasteiger partial charge in [-0.15, -0.1) is 0 Å². The van der Waals surface area contributed by atoms with Crippen LogP contribution in [0.15, 0.2) is 0 Å². The molecule has 0 bridgehead atoms. The van der Waals surface area contributed by atoms with Crippen LogP contribution in [-0.4, -0.2) is 61.4 Å². The number of ether oxygens (including phenoxy) is 1. The second kappa shape index (κ2) is 4.69. The molecular formula is C11H20N2O3. The molecule has 0 radical (unpaired) electrons. The van der Waals surface area contributed by atoms with Crippen molar-refractivity contribution >= 4 is 5.97 Å². The Bertz CT molecular complexity index is 262. The largest absolute Gasteiger partial charge is 0.480 e. The van der Waals surface area contributed by atoms with E-state index in [4.69, 9.17) is 4.74 Å². The van der Waals surface area contributed by atoms with E-state index in [-0.39, 0.29) is 5.92 Å². The summed E-state index contributed by atoms with van der Waals surface area (Å²) in [6.45, 7) is 3.69. The monoisotopic (exact) mass is 228 g/mol. The van der Waals surface area contributed by atoms with Crippen LogP contribution in [0.5, 0.6) is 0 Å². The van der Waals surface area contributed by atoms with E-state index in [1.54, 1.807) is 7.05 Å². The van der Waals surface area contributed by atoms with Gasteiger partial charge in [-0.25, -0.2) is 0 Å². The minimum atomic E-state index is -0.753. The van der Waals surface area contributed by atoms with Crippen molar-refractivity contribution in [2.75, 3.05) is 39.9 Å². The van der Waals surface area contributed by atoms with Crippen LogP contribution < -0.4 is 5.32 Å². The second-order valence-electron chi connectivity index (χ2n) is 4.69. The third-order valence-corrected chi connectivity index (χ3v) is 3.68. The summed E-state index contributed by atoms with van der Waals surface area (Å²) in [7, 11) is 1.76. The Hall–Kier alpha value is -0.650. The molecule has 2 fully saturated rings. The number of hydrogen-bond donors (Lipinski definition) is 2. The Labute approximate surface area is 95.8 Å². The highest BCUT2D eigenvalue weighted by Gasteiger charge is 2.51. The Morgan fingerprint density at radius 2 is 2.12 bits per heavy atom. The van der Waals surface area contributed by atoms with Crippen molar-refractivity contribution in [3.8, 4) is 0 Å². The number of likely N-dealkylation sites (N-methyl/N-ethyl adjacent to an activating group) is 1. The Kier molecular flexibility index (Phi) is 3.47. The van der Waals surface area contributed by atoms with E-state index in [0.29, 0.717) is 19.8 Å². The van der Waals surface area contributed by atoms with Gasteiger partial charge >= 0.3 is 5.97 Å². The van der Waals surface area contributed by atoms with Gasteiger partial charge in [-0.2, -0.15) is 0 Å². The van der Waals surface area contributed by atoms with Gasteiger partial charge in [0.05, 0.1) is 13.2 Å². The Balaban J connectivity index is 2.03. The molecule has 1 saturated heterocycles. The standard InChI is InChI=1S/C11H20N2O3/c1-12-11(10(14)15,9-2-3-9)8-13-4-6-16-7-5-13/h9,12H,2-8H2,1H3,(H,14,15). The van der Waals surface area contributed by atoms with E-state index < -0.39 is 11.5 Å². The van der Waals surface area contributed by atoms with Crippen LogP contribution >= 0.6 is 0 Å². The molecule has 2 rings (SSSR count). The van der Waals surface area contributed by atoms with Crippen LogP contribution in [0.1, 0.15) is 12.8 Å². The van der Waals surface area contributed by atoms with Crippen molar-refractivity contribution in [2.24, 2.45) is 5.92 Å². The molecule has 2 N–H and O–H groups in total. The Morgan fingerprint density at radius 3 is 2.56 bits per heavy atom. The predicted octanol–water partition coefficient (Wildman–Crippen LogP) is -0.229. The average Bonchev–Trinajstić information content (AvgIpc) is 3.11. The lowest BCUT2D eigenvalue weighted by atomic mass is 9.92. The molecule has 1 heterocycles. The van der Waals surface area contributed by atoms with Crippen molar-refractivity contribution in [1.82, 2.24) is 10.2 Å². The van der Waals surface area contributed by atoms with Crippen LogP contribution in [-0.2, 0) is 9.53 Å². The number of rotatable bonds is 5. The lowest BCUT2D eigenvalue weighted by Crippen LogP contribution is -2.60. The summed E-state index contributed by atoms with van der Waals surface area (Å²) in [6.07, 6.45) is 2.05. The normalized spacial score (nSPS) is 26.3. The second-order valence-corrected chi connectivity index (χ2v) is 4.69. The number of nitrogens with zero attached hydrogens (tertiary/aromatic N) is 1. The minimum absolute atomic E-state index is 0.290. The first-order chi connectivity index (χ1) is 7.69. The molecule has 0 aromatic heterocycles. The van der Waals surface area contributed by atoms with Crippen LogP contribution in [0, 0.1) is 5.92 Å². The van der Waals surface area contributed by atoms with Gasteiger partial charge < -0.3 is 15.2 Å². The summed E-state index contributed by atoms with van der Waals surface area (Å²) in [5.74, 6) is -0.429. The lowest BCUT2D eigenvalue weighted by molar-refractivity contribution is -0.147. The summed E-state index contributed by atoms with van der Waals surface area (Å²) in [6, 6.07) is 0. The molecule has 1 aliphatic carbocycles. The van der Waals surface area contributed by atoms with Crippen molar-refractivity contribution in [3.05, 3.63) is 0 Å². The molecule has 1 aliphatic heterocycles. The number of carbonyl (C=O) groups is 1. The average molecular weight is 228 g/mol. The number of aliphatic carboxylic acids is 1. The predicted molar refractivity (Wildman–Crippen MR) is 59.4 cm³/mol. The van der Waals surface area contributed by atoms with Crippen LogP contribution in [0.25, 0.3) is 0 Å². The SMILES string of the molecule is CNC(CN1CCOCC1)(C(=O)O)C1CC1. The number of carboxylic acid groups (broad SMARTS) is 1. The Morgan fingerprint density at radius 1 is 1.50 bits per heavy atom. The zero-order chi connectivity index (χ0) is 11.6. The summed E-state index contributed by atoms with van der Waals surface area (Å²) in [5.41, 5.74) is -0.753. The van der Waals surface area contributed by atoms with Crippen molar-refractivity contribution in [2.45, 2.75) is 18.4 Å². The molecule has 1 atom stereocenters. The molecule has 0 aromatic rings. The zero-order valence-electron chi connectivity index (χ0n) is 9.74. The van der Waals surface area contributed by atoms with Crippen molar-refractivity contribution in [1.29, 1.82) is 0 Å². The lowest BCUT2D eigenvalue weighted by Gasteiger charge is -2.36. The first kappa shape index (κ1) is 11.8. The molecule has 5 heteroatoms. The zero-order valence-corrected chi connectivity index (χ0v) is 9.74. The number of nitrogens with one attached hydrogen (secondary N) is 1. The van der Waals surface area contributed by atoms with Crippen molar-refractivity contribution in [3.63, 3.8) is 0 Å². The first-order valence-electron chi connectivity index (χ1n) is 5.91. The highest BCUT2D eigenvalue weighted by Crippen LogP contribution is 2.40. The fraction of sp³-hybridized carbons (Fsp3) is 0.909. The van der Waals surface area contributed by atoms with Gasteiger partial charge in [-0.05, 0) is 25.8 Å². The maximum absolute atomic E-state index is 11.5. The van der Waals surface area contributed by atoms with E-state index in [1.807, 2.05) is 0 Å². The maximum atomic E-state index is 11.5. The molecule has 0 spiro atoms. The summed E-state index contributed by atoms with van der Waals surface area (Å²) < 4.78 is 5.27. The third-order valence-electron chi connectivity index (χ3n) is 3.68. The minimum Gasteiger partial charge on any atom is -0.480 e. The van der Waals surface area contributed by atoms with E-state index in [0.717, 1.165) is 25.9 Å². The quantitative estimate of drug-likeness (QED) is 0.680. The topological polar surface area (TPSA) is 61.8 Å². The molecule has 0 aromatic carbocycles. The summed E-state index contributed by atoms with van der Waals surface area (Å²) in [5, 5.41) is 12.5. The number of hydrogen-bond acceptors (Lipinski definition) is 4. The number of carboxylic acids is 1. The molecule has 1 saturated carbocycles. The fourth-order valence-electron chi connectivity index (χ4n) is 2.45. The molecule has 0 amide bonds. The molecule has 16 heavy (non-hydrogen) atoms. The van der Waals surface area contributed by atoms with Gasteiger partial charge in [-0.1, -0.05) is 0 Å². The molecular weight excluding hydrogens is 208 g/mol.